The van der Waals surface area contributed by atoms with Crippen LogP contribution in [0, 0.1) is 5.82 Å². The maximum atomic E-state index is 12.9. The molecular weight excluding hydrogens is 357 g/mol. The van der Waals surface area contributed by atoms with Crippen molar-refractivity contribution in [2.24, 2.45) is 0 Å². The van der Waals surface area contributed by atoms with Crippen LogP contribution in [0.25, 0.3) is 0 Å². The van der Waals surface area contributed by atoms with Gasteiger partial charge in [0.2, 0.25) is 10.0 Å². The maximum Gasteiger partial charge on any atom is 0.339 e. The lowest BCUT2D eigenvalue weighted by Crippen LogP contribution is -2.27. The monoisotopic (exact) mass is 371 g/mol. The minimum absolute atomic E-state index is 0.0449. The molecule has 0 aliphatic rings. The molecule has 1 N–H and O–H groups in total. The molecule has 1 atom stereocenters. The normalized spacial score (nSPS) is 12.7. The summed E-state index contributed by atoms with van der Waals surface area (Å²) in [6.45, 7) is 1.63. The summed E-state index contributed by atoms with van der Waals surface area (Å²) in [4.78, 5) is 11.5. The third-order valence-electron chi connectivity index (χ3n) is 3.36. The Morgan fingerprint density at radius 3 is 2.42 bits per heavy atom. The van der Waals surface area contributed by atoms with Gasteiger partial charge in [-0.05, 0) is 42.8 Å². The smallest absolute Gasteiger partial charge is 0.339 e. The van der Waals surface area contributed by atoms with Gasteiger partial charge in [0.1, 0.15) is 5.82 Å². The Kier molecular flexibility index (Phi) is 5.58. The number of sulfonamides is 1. The van der Waals surface area contributed by atoms with Crippen molar-refractivity contribution >= 4 is 27.6 Å². The van der Waals surface area contributed by atoms with E-state index in [1.807, 2.05) is 0 Å². The van der Waals surface area contributed by atoms with Crippen LogP contribution in [0.3, 0.4) is 0 Å². The molecule has 0 amide bonds. The van der Waals surface area contributed by atoms with Gasteiger partial charge in [-0.1, -0.05) is 23.7 Å². The van der Waals surface area contributed by atoms with Gasteiger partial charge >= 0.3 is 5.97 Å². The molecular formula is C16H15ClFNO4S. The zero-order valence-electron chi connectivity index (χ0n) is 12.9. The molecule has 0 aliphatic heterocycles. The number of rotatable bonds is 5. The summed E-state index contributed by atoms with van der Waals surface area (Å²) in [6, 6.07) is 8.63. The van der Waals surface area contributed by atoms with E-state index in [4.69, 9.17) is 11.6 Å². The molecule has 24 heavy (non-hydrogen) atoms. The molecule has 0 bridgehead atoms. The number of nitrogens with one attached hydrogen (secondary N) is 1. The first kappa shape index (κ1) is 18.4. The van der Waals surface area contributed by atoms with Crippen LogP contribution in [-0.4, -0.2) is 21.5 Å². The Labute approximate surface area is 144 Å². The second-order valence-electron chi connectivity index (χ2n) is 5.03. The molecule has 0 aromatic heterocycles. The average Bonchev–Trinajstić information content (AvgIpc) is 2.54. The zero-order chi connectivity index (χ0) is 17.9. The molecule has 8 heteroatoms. The molecule has 0 fully saturated rings. The van der Waals surface area contributed by atoms with Crippen molar-refractivity contribution in [2.75, 3.05) is 7.11 Å². The first-order chi connectivity index (χ1) is 11.2. The van der Waals surface area contributed by atoms with E-state index in [9.17, 15) is 17.6 Å². The molecule has 0 heterocycles. The van der Waals surface area contributed by atoms with Gasteiger partial charge in [0.25, 0.3) is 0 Å². The van der Waals surface area contributed by atoms with E-state index in [2.05, 4.69) is 9.46 Å². The number of carbonyl (C=O) groups excluding carboxylic acids is 1. The van der Waals surface area contributed by atoms with Crippen molar-refractivity contribution in [3.63, 3.8) is 0 Å². The molecule has 2 rings (SSSR count). The fraction of sp³-hybridized carbons (Fsp3) is 0.188. The number of benzene rings is 2. The first-order valence-electron chi connectivity index (χ1n) is 6.90. The Balaban J connectivity index is 2.30. The number of ether oxygens (including phenoxy) is 1. The van der Waals surface area contributed by atoms with Crippen molar-refractivity contribution in [1.82, 2.24) is 4.72 Å². The SMILES string of the molecule is COC(=O)c1cc(S(=O)(=O)N[C@H](C)c2ccc(F)cc2)ccc1Cl. The molecule has 0 radical (unpaired) electrons. The highest BCUT2D eigenvalue weighted by molar-refractivity contribution is 7.89. The Morgan fingerprint density at radius 1 is 1.21 bits per heavy atom. The van der Waals surface area contributed by atoms with Crippen LogP contribution >= 0.6 is 11.6 Å². The van der Waals surface area contributed by atoms with Crippen LogP contribution in [0.4, 0.5) is 4.39 Å². The van der Waals surface area contributed by atoms with Crippen LogP contribution < -0.4 is 4.72 Å². The molecule has 0 unspecified atom stereocenters. The molecule has 0 aliphatic carbocycles. The van der Waals surface area contributed by atoms with Crippen molar-refractivity contribution in [2.45, 2.75) is 17.9 Å². The van der Waals surface area contributed by atoms with Gasteiger partial charge in [-0.15, -0.1) is 0 Å². The van der Waals surface area contributed by atoms with E-state index in [-0.39, 0.29) is 15.5 Å². The highest BCUT2D eigenvalue weighted by atomic mass is 35.5. The van der Waals surface area contributed by atoms with Crippen molar-refractivity contribution in [3.05, 3.63) is 64.4 Å². The lowest BCUT2D eigenvalue weighted by Gasteiger charge is -2.15. The Morgan fingerprint density at radius 2 is 1.83 bits per heavy atom. The first-order valence-corrected chi connectivity index (χ1v) is 8.76. The van der Waals surface area contributed by atoms with Gasteiger partial charge in [-0.25, -0.2) is 22.3 Å². The van der Waals surface area contributed by atoms with Gasteiger partial charge in [-0.3, -0.25) is 0 Å². The second kappa shape index (κ2) is 7.29. The van der Waals surface area contributed by atoms with E-state index in [1.165, 1.54) is 43.5 Å². The predicted molar refractivity (Wildman–Crippen MR) is 87.9 cm³/mol. The van der Waals surface area contributed by atoms with E-state index >= 15 is 0 Å². The van der Waals surface area contributed by atoms with Gasteiger partial charge in [0, 0.05) is 6.04 Å². The minimum atomic E-state index is -3.91. The van der Waals surface area contributed by atoms with E-state index < -0.39 is 27.9 Å². The predicted octanol–water partition coefficient (Wildman–Crippen LogP) is 3.31. The van der Waals surface area contributed by atoms with E-state index in [0.717, 1.165) is 6.07 Å². The summed E-state index contributed by atoms with van der Waals surface area (Å²) in [5.74, 6) is -1.14. The summed E-state index contributed by atoms with van der Waals surface area (Å²) >= 11 is 5.88. The average molecular weight is 372 g/mol. The van der Waals surface area contributed by atoms with E-state index in [1.54, 1.807) is 6.92 Å². The van der Waals surface area contributed by atoms with Crippen LogP contribution in [0.1, 0.15) is 28.9 Å². The van der Waals surface area contributed by atoms with Gasteiger partial charge in [0.15, 0.2) is 0 Å². The molecule has 5 nitrogen and oxygen atoms in total. The third-order valence-corrected chi connectivity index (χ3v) is 5.22. The number of methoxy groups -OCH3 is 1. The van der Waals surface area contributed by atoms with Gasteiger partial charge in [-0.2, -0.15) is 0 Å². The molecule has 0 saturated heterocycles. The maximum absolute atomic E-state index is 12.9. The lowest BCUT2D eigenvalue weighted by atomic mass is 10.1. The summed E-state index contributed by atoms with van der Waals surface area (Å²) in [6.07, 6.45) is 0. The van der Waals surface area contributed by atoms with E-state index in [0.29, 0.717) is 5.56 Å². The van der Waals surface area contributed by atoms with Gasteiger partial charge < -0.3 is 4.74 Å². The summed E-state index contributed by atoms with van der Waals surface area (Å²) in [5, 5.41) is 0.0902. The second-order valence-corrected chi connectivity index (χ2v) is 7.15. The molecule has 0 spiro atoms. The summed E-state index contributed by atoms with van der Waals surface area (Å²) < 4.78 is 44.9. The number of carbonyl (C=O) groups is 1. The fourth-order valence-corrected chi connectivity index (χ4v) is 3.51. The quantitative estimate of drug-likeness (QED) is 0.818. The standard InChI is InChI=1S/C16H15ClFNO4S/c1-10(11-3-5-12(18)6-4-11)19-24(21,22)13-7-8-15(17)14(9-13)16(20)23-2/h3-10,19H,1-2H3/t10-/m1/s1. The molecule has 2 aromatic rings. The minimum Gasteiger partial charge on any atom is -0.465 e. The molecule has 0 saturated carbocycles. The highest BCUT2D eigenvalue weighted by Gasteiger charge is 2.21. The largest absolute Gasteiger partial charge is 0.465 e. The topological polar surface area (TPSA) is 72.5 Å². The Hall–Kier alpha value is -1.96. The molecule has 2 aromatic carbocycles. The summed E-state index contributed by atoms with van der Waals surface area (Å²) in [5.41, 5.74) is 0.554. The van der Waals surface area contributed by atoms with Crippen molar-refractivity contribution in [3.8, 4) is 0 Å². The third kappa shape index (κ3) is 4.11. The van der Waals surface area contributed by atoms with Crippen LogP contribution in [0.15, 0.2) is 47.4 Å². The Bertz CT molecular complexity index is 853. The zero-order valence-corrected chi connectivity index (χ0v) is 14.5. The van der Waals surface area contributed by atoms with Crippen LogP contribution in [-0.2, 0) is 14.8 Å². The van der Waals surface area contributed by atoms with Gasteiger partial charge in [0.05, 0.1) is 22.6 Å². The van der Waals surface area contributed by atoms with Crippen molar-refractivity contribution in [1.29, 1.82) is 0 Å². The number of esters is 1. The lowest BCUT2D eigenvalue weighted by molar-refractivity contribution is 0.0600. The fourth-order valence-electron chi connectivity index (χ4n) is 2.06. The highest BCUT2D eigenvalue weighted by Crippen LogP contribution is 2.23. The number of hydrogen-bond acceptors (Lipinski definition) is 4. The van der Waals surface area contributed by atoms with Crippen LogP contribution in [0.5, 0.6) is 0 Å². The van der Waals surface area contributed by atoms with Crippen LogP contribution in [0.2, 0.25) is 5.02 Å². The number of hydrogen-bond donors (Lipinski definition) is 1. The summed E-state index contributed by atoms with van der Waals surface area (Å²) in [7, 11) is -2.73. The number of halogens is 2. The van der Waals surface area contributed by atoms with Crippen molar-refractivity contribution < 1.29 is 22.3 Å². The molecule has 128 valence electrons.